The Kier molecular flexibility index (Phi) is 2.80. The van der Waals surface area contributed by atoms with Gasteiger partial charge in [-0.15, -0.1) is 0 Å². The van der Waals surface area contributed by atoms with Crippen molar-refractivity contribution in [1.29, 1.82) is 0 Å². The molecule has 2 rings (SSSR count). The van der Waals surface area contributed by atoms with Gasteiger partial charge in [-0.3, -0.25) is 9.59 Å². The van der Waals surface area contributed by atoms with Gasteiger partial charge in [0.1, 0.15) is 5.82 Å². The van der Waals surface area contributed by atoms with Gasteiger partial charge >= 0.3 is 0 Å². The number of hydrogen-bond acceptors (Lipinski definition) is 2. The first-order valence-electron chi connectivity index (χ1n) is 4.77. The molecule has 0 aliphatic carbocycles. The van der Waals surface area contributed by atoms with Crippen LogP contribution in [0.15, 0.2) is 16.6 Å². The first-order valence-corrected chi connectivity index (χ1v) is 5.56. The van der Waals surface area contributed by atoms with Gasteiger partial charge in [0.2, 0.25) is 5.91 Å². The van der Waals surface area contributed by atoms with Crippen LogP contribution in [0.2, 0.25) is 0 Å². The zero-order valence-corrected chi connectivity index (χ0v) is 10.2. The van der Waals surface area contributed by atoms with Crippen molar-refractivity contribution in [3.63, 3.8) is 0 Å². The van der Waals surface area contributed by atoms with E-state index in [1.807, 2.05) is 0 Å². The quantitative estimate of drug-likeness (QED) is 0.742. The van der Waals surface area contributed by atoms with Gasteiger partial charge in [0.15, 0.2) is 5.78 Å². The number of anilines is 1. The Morgan fingerprint density at radius 3 is 2.62 bits per heavy atom. The van der Waals surface area contributed by atoms with E-state index in [-0.39, 0.29) is 24.7 Å². The largest absolute Gasteiger partial charge is 0.304 e. The molecule has 0 aromatic heterocycles. The molecule has 0 saturated carbocycles. The molecule has 0 atom stereocenters. The lowest BCUT2D eigenvalue weighted by Gasteiger charge is -2.17. The summed E-state index contributed by atoms with van der Waals surface area (Å²) >= 11 is 3.07. The lowest BCUT2D eigenvalue weighted by molar-refractivity contribution is -0.121. The molecule has 0 spiro atoms. The summed E-state index contributed by atoms with van der Waals surface area (Å²) in [7, 11) is 0. The highest BCUT2D eigenvalue weighted by Gasteiger charge is 2.29. The number of aryl methyl sites for hydroxylation is 1. The molecule has 0 bridgehead atoms. The number of halogens is 2. The van der Waals surface area contributed by atoms with E-state index in [1.165, 1.54) is 11.0 Å². The third-order valence-corrected chi connectivity index (χ3v) is 3.12. The molecule has 1 aliphatic heterocycles. The predicted octanol–water partition coefficient (Wildman–Crippen LogP) is 2.20. The van der Waals surface area contributed by atoms with E-state index in [2.05, 4.69) is 15.9 Å². The molecule has 0 N–H and O–H groups in total. The molecule has 1 fully saturated rings. The fourth-order valence-electron chi connectivity index (χ4n) is 1.73. The first-order chi connectivity index (χ1) is 7.49. The molecule has 1 heterocycles. The standard InChI is InChI=1S/C11H9BrFNO2/c1-6-2-8(12)9(13)4-10(6)14-5-7(15)3-11(14)16/h2,4H,3,5H2,1H3. The minimum absolute atomic E-state index is 0.0424. The van der Waals surface area contributed by atoms with E-state index in [4.69, 9.17) is 0 Å². The molecule has 5 heteroatoms. The smallest absolute Gasteiger partial charge is 0.234 e. The highest BCUT2D eigenvalue weighted by Crippen LogP contribution is 2.28. The van der Waals surface area contributed by atoms with E-state index >= 15 is 0 Å². The van der Waals surface area contributed by atoms with Crippen LogP contribution in [0.4, 0.5) is 10.1 Å². The van der Waals surface area contributed by atoms with Crippen molar-refractivity contribution in [3.8, 4) is 0 Å². The molecule has 16 heavy (non-hydrogen) atoms. The van der Waals surface area contributed by atoms with E-state index < -0.39 is 5.82 Å². The van der Waals surface area contributed by atoms with Crippen molar-refractivity contribution in [2.24, 2.45) is 0 Å². The molecule has 1 amide bonds. The van der Waals surface area contributed by atoms with Gasteiger partial charge < -0.3 is 4.90 Å². The second-order valence-corrected chi connectivity index (χ2v) is 4.60. The van der Waals surface area contributed by atoms with Gasteiger partial charge in [-0.2, -0.15) is 0 Å². The summed E-state index contributed by atoms with van der Waals surface area (Å²) < 4.78 is 13.7. The molecule has 0 radical (unpaired) electrons. The van der Waals surface area contributed by atoms with E-state index in [9.17, 15) is 14.0 Å². The summed E-state index contributed by atoms with van der Waals surface area (Å²) in [4.78, 5) is 24.0. The van der Waals surface area contributed by atoms with Gasteiger partial charge in [0.05, 0.1) is 23.1 Å². The van der Waals surface area contributed by atoms with Crippen LogP contribution in [0, 0.1) is 12.7 Å². The molecule has 1 aromatic rings. The predicted molar refractivity (Wildman–Crippen MR) is 60.8 cm³/mol. The summed E-state index contributed by atoms with van der Waals surface area (Å²) in [6.07, 6.45) is -0.0862. The number of carbonyl (C=O) groups is 2. The Labute approximate surface area is 100 Å². The summed E-state index contributed by atoms with van der Waals surface area (Å²) in [5.41, 5.74) is 1.23. The maximum Gasteiger partial charge on any atom is 0.234 e. The number of nitrogens with zero attached hydrogens (tertiary/aromatic N) is 1. The van der Waals surface area contributed by atoms with E-state index in [0.29, 0.717) is 10.2 Å². The Bertz CT molecular complexity index is 487. The lowest BCUT2D eigenvalue weighted by Crippen LogP contribution is -2.25. The fraction of sp³-hybridized carbons (Fsp3) is 0.273. The highest BCUT2D eigenvalue weighted by molar-refractivity contribution is 9.10. The Balaban J connectivity index is 2.45. The summed E-state index contributed by atoms with van der Waals surface area (Å²) in [5, 5.41) is 0. The van der Waals surface area contributed by atoms with Crippen molar-refractivity contribution in [2.75, 3.05) is 11.4 Å². The van der Waals surface area contributed by atoms with Gasteiger partial charge in [0.25, 0.3) is 0 Å². The van der Waals surface area contributed by atoms with Crippen LogP contribution in [0.3, 0.4) is 0 Å². The monoisotopic (exact) mass is 285 g/mol. The first kappa shape index (κ1) is 11.3. The van der Waals surface area contributed by atoms with Crippen molar-refractivity contribution in [1.82, 2.24) is 0 Å². The zero-order chi connectivity index (χ0) is 11.9. The molecular weight excluding hydrogens is 277 g/mol. The molecule has 84 valence electrons. The number of carbonyl (C=O) groups excluding carboxylic acids is 2. The van der Waals surface area contributed by atoms with Crippen LogP contribution in [-0.4, -0.2) is 18.2 Å². The molecule has 3 nitrogen and oxygen atoms in total. The Morgan fingerprint density at radius 1 is 1.38 bits per heavy atom. The van der Waals surface area contributed by atoms with Crippen LogP contribution in [0.5, 0.6) is 0 Å². The molecule has 1 aromatic carbocycles. The number of rotatable bonds is 1. The van der Waals surface area contributed by atoms with Crippen molar-refractivity contribution in [2.45, 2.75) is 13.3 Å². The number of Topliss-reactive ketones (excluding diaryl/α,β-unsaturated/α-hetero) is 1. The molecule has 0 unspecified atom stereocenters. The lowest BCUT2D eigenvalue weighted by atomic mass is 10.2. The number of benzene rings is 1. The van der Waals surface area contributed by atoms with Crippen molar-refractivity contribution in [3.05, 3.63) is 28.0 Å². The van der Waals surface area contributed by atoms with Gasteiger partial charge in [-0.25, -0.2) is 4.39 Å². The van der Waals surface area contributed by atoms with Crippen molar-refractivity contribution < 1.29 is 14.0 Å². The summed E-state index contributed by atoms with van der Waals surface area (Å²) in [6, 6.07) is 2.87. The second-order valence-electron chi connectivity index (χ2n) is 3.75. The topological polar surface area (TPSA) is 37.4 Å². The van der Waals surface area contributed by atoms with Crippen LogP contribution >= 0.6 is 15.9 Å². The fourth-order valence-corrected chi connectivity index (χ4v) is 2.19. The van der Waals surface area contributed by atoms with Crippen LogP contribution < -0.4 is 4.90 Å². The third kappa shape index (κ3) is 1.87. The third-order valence-electron chi connectivity index (χ3n) is 2.51. The van der Waals surface area contributed by atoms with E-state index in [1.54, 1.807) is 13.0 Å². The number of ketones is 1. The maximum atomic E-state index is 13.4. The average Bonchev–Trinajstić information content (AvgIpc) is 2.51. The Morgan fingerprint density at radius 2 is 2.06 bits per heavy atom. The van der Waals surface area contributed by atoms with Crippen LogP contribution in [0.1, 0.15) is 12.0 Å². The molecule has 1 aliphatic rings. The SMILES string of the molecule is Cc1cc(Br)c(F)cc1N1CC(=O)CC1=O. The molecule has 1 saturated heterocycles. The normalized spacial score (nSPS) is 16.1. The number of hydrogen-bond donors (Lipinski definition) is 0. The highest BCUT2D eigenvalue weighted by atomic mass is 79.9. The van der Waals surface area contributed by atoms with E-state index in [0.717, 1.165) is 5.56 Å². The Hall–Kier alpha value is -1.23. The zero-order valence-electron chi connectivity index (χ0n) is 8.59. The van der Waals surface area contributed by atoms with Crippen LogP contribution in [-0.2, 0) is 9.59 Å². The second kappa shape index (κ2) is 3.97. The van der Waals surface area contributed by atoms with Gasteiger partial charge in [-0.1, -0.05) is 0 Å². The number of amides is 1. The molecular formula is C11H9BrFNO2. The van der Waals surface area contributed by atoms with Crippen molar-refractivity contribution >= 4 is 33.3 Å². The van der Waals surface area contributed by atoms with Gasteiger partial charge in [0, 0.05) is 0 Å². The average molecular weight is 286 g/mol. The van der Waals surface area contributed by atoms with Gasteiger partial charge in [-0.05, 0) is 40.5 Å². The maximum absolute atomic E-state index is 13.4. The summed E-state index contributed by atoms with van der Waals surface area (Å²) in [5.74, 6) is -0.838. The van der Waals surface area contributed by atoms with Crippen LogP contribution in [0.25, 0.3) is 0 Å². The summed E-state index contributed by atoms with van der Waals surface area (Å²) in [6.45, 7) is 1.82. The minimum Gasteiger partial charge on any atom is -0.304 e. The minimum atomic E-state index is -0.437.